The SMILES string of the molecule is COc1ccc(C(=O)Nc2c3c(nn2-c2ccc(F)cc2)CS(=O)(=O)C3)cc1OC. The first-order valence-corrected chi connectivity index (χ1v) is 10.7. The Bertz CT molecular complexity index is 1240. The van der Waals surface area contributed by atoms with Crippen LogP contribution in [0.4, 0.5) is 10.2 Å². The van der Waals surface area contributed by atoms with Crippen LogP contribution in [0.5, 0.6) is 11.5 Å². The Balaban J connectivity index is 1.74. The zero-order valence-corrected chi connectivity index (χ0v) is 17.0. The number of nitrogens with zero attached hydrogens (tertiary/aromatic N) is 2. The number of rotatable bonds is 5. The summed E-state index contributed by atoms with van der Waals surface area (Å²) in [7, 11) is -0.386. The third-order valence-electron chi connectivity index (χ3n) is 4.74. The number of carbonyl (C=O) groups excluding carboxylic acids is 1. The Morgan fingerprint density at radius 2 is 1.77 bits per heavy atom. The lowest BCUT2D eigenvalue weighted by Gasteiger charge is -2.13. The highest BCUT2D eigenvalue weighted by Crippen LogP contribution is 2.34. The van der Waals surface area contributed by atoms with E-state index in [0.717, 1.165) is 0 Å². The van der Waals surface area contributed by atoms with E-state index in [1.165, 1.54) is 49.2 Å². The fourth-order valence-corrected chi connectivity index (χ4v) is 4.79. The van der Waals surface area contributed by atoms with E-state index in [1.807, 2.05) is 0 Å². The second kappa shape index (κ2) is 7.45. The van der Waals surface area contributed by atoms with Gasteiger partial charge in [0.25, 0.3) is 5.91 Å². The number of anilines is 1. The summed E-state index contributed by atoms with van der Waals surface area (Å²) in [6.07, 6.45) is 0. The van der Waals surface area contributed by atoms with Crippen LogP contribution in [0.1, 0.15) is 21.6 Å². The maximum Gasteiger partial charge on any atom is 0.256 e. The summed E-state index contributed by atoms with van der Waals surface area (Å²) in [5.74, 6) is -0.260. The van der Waals surface area contributed by atoms with E-state index in [0.29, 0.717) is 28.4 Å². The number of hydrogen-bond donors (Lipinski definition) is 1. The molecule has 1 N–H and O–H groups in total. The van der Waals surface area contributed by atoms with Crippen molar-refractivity contribution in [3.8, 4) is 17.2 Å². The maximum atomic E-state index is 13.3. The van der Waals surface area contributed by atoms with Crippen LogP contribution in [0.3, 0.4) is 0 Å². The molecule has 0 saturated carbocycles. The van der Waals surface area contributed by atoms with Gasteiger partial charge in [-0.1, -0.05) is 0 Å². The lowest BCUT2D eigenvalue weighted by molar-refractivity contribution is 0.102. The quantitative estimate of drug-likeness (QED) is 0.667. The van der Waals surface area contributed by atoms with E-state index in [9.17, 15) is 17.6 Å². The molecule has 1 aromatic heterocycles. The Morgan fingerprint density at radius 3 is 2.43 bits per heavy atom. The topological polar surface area (TPSA) is 99.5 Å². The number of benzene rings is 2. The summed E-state index contributed by atoms with van der Waals surface area (Å²) < 4.78 is 49.3. The normalized spacial score (nSPS) is 14.2. The summed E-state index contributed by atoms with van der Waals surface area (Å²) in [4.78, 5) is 12.9. The lowest BCUT2D eigenvalue weighted by atomic mass is 10.2. The zero-order chi connectivity index (χ0) is 21.5. The molecule has 8 nitrogen and oxygen atoms in total. The zero-order valence-electron chi connectivity index (χ0n) is 16.2. The van der Waals surface area contributed by atoms with E-state index < -0.39 is 21.6 Å². The molecule has 0 bridgehead atoms. The van der Waals surface area contributed by atoms with Gasteiger partial charge in [0.1, 0.15) is 11.6 Å². The average Bonchev–Trinajstić information content (AvgIpc) is 3.20. The highest BCUT2D eigenvalue weighted by molar-refractivity contribution is 7.90. The molecule has 0 aliphatic carbocycles. The lowest BCUT2D eigenvalue weighted by Crippen LogP contribution is -2.17. The van der Waals surface area contributed by atoms with Crippen LogP contribution in [0.2, 0.25) is 0 Å². The fraction of sp³-hybridized carbons (Fsp3) is 0.200. The van der Waals surface area contributed by atoms with Gasteiger partial charge >= 0.3 is 0 Å². The number of methoxy groups -OCH3 is 2. The van der Waals surface area contributed by atoms with Crippen molar-refractivity contribution in [2.75, 3.05) is 19.5 Å². The van der Waals surface area contributed by atoms with Crippen molar-refractivity contribution < 1.29 is 27.1 Å². The van der Waals surface area contributed by atoms with Gasteiger partial charge in [0.05, 0.1) is 37.1 Å². The number of halogens is 1. The minimum Gasteiger partial charge on any atom is -0.493 e. The Hall–Kier alpha value is -3.40. The van der Waals surface area contributed by atoms with Gasteiger partial charge in [-0.25, -0.2) is 17.5 Å². The molecule has 0 spiro atoms. The summed E-state index contributed by atoms with van der Waals surface area (Å²) in [5, 5.41) is 7.10. The summed E-state index contributed by atoms with van der Waals surface area (Å²) >= 11 is 0. The van der Waals surface area contributed by atoms with Gasteiger partial charge in [-0.05, 0) is 42.5 Å². The third-order valence-corrected chi connectivity index (χ3v) is 6.18. The van der Waals surface area contributed by atoms with E-state index in [2.05, 4.69) is 10.4 Å². The predicted octanol–water partition coefficient (Wildman–Crippen LogP) is 2.71. The maximum absolute atomic E-state index is 13.3. The summed E-state index contributed by atoms with van der Waals surface area (Å²) in [6.45, 7) is 0. The highest BCUT2D eigenvalue weighted by Gasteiger charge is 2.33. The van der Waals surface area contributed by atoms with E-state index >= 15 is 0 Å². The molecular weight excluding hydrogens is 413 g/mol. The number of carbonyl (C=O) groups is 1. The van der Waals surface area contributed by atoms with Crippen molar-refractivity contribution in [1.82, 2.24) is 9.78 Å². The largest absolute Gasteiger partial charge is 0.493 e. The van der Waals surface area contributed by atoms with Crippen LogP contribution in [0.15, 0.2) is 42.5 Å². The van der Waals surface area contributed by atoms with Crippen molar-refractivity contribution in [2.24, 2.45) is 0 Å². The van der Waals surface area contributed by atoms with Crippen LogP contribution in [-0.2, 0) is 21.3 Å². The van der Waals surface area contributed by atoms with E-state index in [4.69, 9.17) is 9.47 Å². The van der Waals surface area contributed by atoms with Gasteiger partial charge in [0.2, 0.25) is 0 Å². The molecule has 2 aromatic carbocycles. The van der Waals surface area contributed by atoms with Gasteiger partial charge in [0.15, 0.2) is 21.3 Å². The number of hydrogen-bond acceptors (Lipinski definition) is 6. The Morgan fingerprint density at radius 1 is 1.07 bits per heavy atom. The molecule has 0 saturated heterocycles. The number of aromatic nitrogens is 2. The van der Waals surface area contributed by atoms with E-state index in [-0.39, 0.29) is 22.9 Å². The van der Waals surface area contributed by atoms with E-state index in [1.54, 1.807) is 12.1 Å². The summed E-state index contributed by atoms with van der Waals surface area (Å²) in [6, 6.07) is 10.2. The van der Waals surface area contributed by atoms with Gasteiger partial charge in [-0.15, -0.1) is 0 Å². The monoisotopic (exact) mass is 431 g/mol. The molecule has 4 rings (SSSR count). The molecule has 1 amide bonds. The highest BCUT2D eigenvalue weighted by atomic mass is 32.2. The van der Waals surface area contributed by atoms with Gasteiger partial charge in [-0.3, -0.25) is 4.79 Å². The molecule has 156 valence electrons. The molecule has 10 heteroatoms. The van der Waals surface area contributed by atoms with Crippen LogP contribution >= 0.6 is 0 Å². The van der Waals surface area contributed by atoms with Crippen LogP contribution in [0.25, 0.3) is 5.69 Å². The molecule has 3 aromatic rings. The molecule has 2 heterocycles. The van der Waals surface area contributed by atoms with Crippen molar-refractivity contribution in [3.63, 3.8) is 0 Å². The molecule has 30 heavy (non-hydrogen) atoms. The predicted molar refractivity (Wildman–Crippen MR) is 107 cm³/mol. The first-order valence-electron chi connectivity index (χ1n) is 8.92. The van der Waals surface area contributed by atoms with Crippen molar-refractivity contribution in [1.29, 1.82) is 0 Å². The third kappa shape index (κ3) is 3.61. The number of fused-ring (bicyclic) bond motifs is 1. The molecular formula is C20H18FN3O5S. The number of amides is 1. The second-order valence-corrected chi connectivity index (χ2v) is 8.78. The molecule has 0 atom stereocenters. The molecule has 1 aliphatic heterocycles. The number of nitrogens with one attached hydrogen (secondary N) is 1. The first kappa shape index (κ1) is 19.9. The minimum atomic E-state index is -3.33. The molecule has 1 aliphatic rings. The fourth-order valence-electron chi connectivity index (χ4n) is 3.30. The van der Waals surface area contributed by atoms with Gasteiger partial charge in [0, 0.05) is 11.1 Å². The van der Waals surface area contributed by atoms with Gasteiger partial charge in [-0.2, -0.15) is 5.10 Å². The first-order chi connectivity index (χ1) is 14.3. The van der Waals surface area contributed by atoms with Crippen molar-refractivity contribution >= 4 is 21.6 Å². The minimum absolute atomic E-state index is 0.213. The molecule has 0 fully saturated rings. The van der Waals surface area contributed by atoms with Crippen molar-refractivity contribution in [3.05, 3.63) is 65.1 Å². The average molecular weight is 431 g/mol. The molecule has 0 unspecified atom stereocenters. The van der Waals surface area contributed by atoms with Crippen molar-refractivity contribution in [2.45, 2.75) is 11.5 Å². The second-order valence-electron chi connectivity index (χ2n) is 6.72. The Labute approximate surface area is 172 Å². The van der Waals surface area contributed by atoms with Crippen LogP contribution in [-0.4, -0.2) is 38.3 Å². The number of sulfone groups is 1. The van der Waals surface area contributed by atoms with Crippen LogP contribution in [0, 0.1) is 5.82 Å². The van der Waals surface area contributed by atoms with Gasteiger partial charge < -0.3 is 14.8 Å². The molecule has 0 radical (unpaired) electrons. The number of ether oxygens (including phenoxy) is 2. The Kier molecular flexibility index (Phi) is 4.94. The summed E-state index contributed by atoms with van der Waals surface area (Å²) in [5.41, 5.74) is 1.56. The van der Waals surface area contributed by atoms with Crippen LogP contribution < -0.4 is 14.8 Å². The standard InChI is InChI=1S/C20H18FN3O5S/c1-28-17-8-3-12(9-18(17)29-2)20(25)22-19-15-10-30(26,27)11-16(15)23-24(19)14-6-4-13(21)5-7-14/h3-9H,10-11H2,1-2H3,(H,22,25). The smallest absolute Gasteiger partial charge is 0.256 e.